The van der Waals surface area contributed by atoms with Gasteiger partial charge in [0.05, 0.1) is 6.54 Å². The highest BCUT2D eigenvalue weighted by atomic mass is 16.2. The molecule has 2 amide bonds. The number of ketones is 1. The predicted molar refractivity (Wildman–Crippen MR) is 78.9 cm³/mol. The highest BCUT2D eigenvalue weighted by molar-refractivity contribution is 6.02. The van der Waals surface area contributed by atoms with Crippen LogP contribution in [0.3, 0.4) is 0 Å². The van der Waals surface area contributed by atoms with Gasteiger partial charge in [0.1, 0.15) is 0 Å². The Balaban J connectivity index is 2.03. The van der Waals surface area contributed by atoms with Gasteiger partial charge in [0.2, 0.25) is 0 Å². The van der Waals surface area contributed by atoms with Crippen LogP contribution in [0.4, 0.5) is 16.2 Å². The smallest absolute Gasteiger partial charge is 0.323 e. The molecule has 0 aliphatic carbocycles. The van der Waals surface area contributed by atoms with Crippen molar-refractivity contribution in [1.29, 1.82) is 0 Å². The van der Waals surface area contributed by atoms with E-state index in [4.69, 9.17) is 5.73 Å². The van der Waals surface area contributed by atoms with Gasteiger partial charge in [-0.05, 0) is 24.3 Å². The van der Waals surface area contributed by atoms with Gasteiger partial charge in [-0.1, -0.05) is 30.3 Å². The molecule has 0 radical (unpaired) electrons. The number of nitrogens with two attached hydrogens (primary N) is 1. The Labute approximate surface area is 116 Å². The minimum absolute atomic E-state index is 0.0559. The summed E-state index contributed by atoms with van der Waals surface area (Å²) < 4.78 is 0. The lowest BCUT2D eigenvalue weighted by Gasteiger charge is -2.08. The summed E-state index contributed by atoms with van der Waals surface area (Å²) in [5.41, 5.74) is 7.02. The summed E-state index contributed by atoms with van der Waals surface area (Å²) in [5, 5.41) is 5.36. The van der Waals surface area contributed by atoms with E-state index >= 15 is 0 Å². The van der Waals surface area contributed by atoms with Crippen LogP contribution in [0.1, 0.15) is 10.4 Å². The van der Waals surface area contributed by atoms with Gasteiger partial charge in [0.25, 0.3) is 0 Å². The molecule has 2 aromatic carbocycles. The lowest BCUT2D eigenvalue weighted by atomic mass is 10.1. The molecule has 2 rings (SSSR count). The summed E-state index contributed by atoms with van der Waals surface area (Å²) in [4.78, 5) is 23.3. The second-order valence-electron chi connectivity index (χ2n) is 4.15. The van der Waals surface area contributed by atoms with Crippen LogP contribution >= 0.6 is 0 Å². The molecule has 4 N–H and O–H groups in total. The Morgan fingerprint density at radius 2 is 1.55 bits per heavy atom. The van der Waals surface area contributed by atoms with E-state index < -0.39 is 0 Å². The van der Waals surface area contributed by atoms with Crippen LogP contribution < -0.4 is 16.4 Å². The molecule has 0 bridgehead atoms. The first kappa shape index (κ1) is 13.8. The molecule has 0 saturated heterocycles. The molecule has 5 heteroatoms. The van der Waals surface area contributed by atoms with Crippen molar-refractivity contribution in [2.45, 2.75) is 0 Å². The number of anilines is 2. The van der Waals surface area contributed by atoms with Crippen molar-refractivity contribution in [2.75, 3.05) is 17.2 Å². The molecular weight excluding hydrogens is 254 g/mol. The van der Waals surface area contributed by atoms with E-state index in [1.165, 1.54) is 0 Å². The number of hydrogen-bond donors (Lipinski definition) is 3. The van der Waals surface area contributed by atoms with E-state index in [0.717, 1.165) is 0 Å². The first-order valence-electron chi connectivity index (χ1n) is 6.15. The number of nitrogens with one attached hydrogen (secondary N) is 2. The fraction of sp³-hybridized carbons (Fsp3) is 0.0667. The van der Waals surface area contributed by atoms with Gasteiger partial charge in [0, 0.05) is 16.9 Å². The number of amides is 2. The van der Waals surface area contributed by atoms with Crippen molar-refractivity contribution in [3.63, 3.8) is 0 Å². The standard InChI is InChI=1S/C15H15N3O2/c16-10-14(19)11-5-4-8-13(9-11)18-15(20)17-12-6-2-1-3-7-12/h1-9H,10,16H2,(H2,17,18,20). The number of rotatable bonds is 4. The summed E-state index contributed by atoms with van der Waals surface area (Å²) in [6, 6.07) is 15.4. The fourth-order valence-corrected chi connectivity index (χ4v) is 1.70. The van der Waals surface area contributed by atoms with Gasteiger partial charge >= 0.3 is 6.03 Å². The molecule has 2 aromatic rings. The third-order valence-corrected chi connectivity index (χ3v) is 2.66. The second-order valence-corrected chi connectivity index (χ2v) is 4.15. The van der Waals surface area contributed by atoms with Gasteiger partial charge in [-0.3, -0.25) is 4.79 Å². The Morgan fingerprint density at radius 1 is 0.900 bits per heavy atom. The van der Waals surface area contributed by atoms with E-state index in [0.29, 0.717) is 16.9 Å². The van der Waals surface area contributed by atoms with Gasteiger partial charge in [-0.2, -0.15) is 0 Å². The Morgan fingerprint density at radius 3 is 2.25 bits per heavy atom. The molecule has 0 aliphatic rings. The molecule has 0 fully saturated rings. The topological polar surface area (TPSA) is 84.2 Å². The molecule has 0 saturated carbocycles. The molecule has 0 unspecified atom stereocenters. The molecule has 20 heavy (non-hydrogen) atoms. The third-order valence-electron chi connectivity index (χ3n) is 2.66. The summed E-state index contributed by atoms with van der Waals surface area (Å²) in [5.74, 6) is -0.169. The fourth-order valence-electron chi connectivity index (χ4n) is 1.70. The van der Waals surface area contributed by atoms with Gasteiger partial charge in [-0.15, -0.1) is 0 Å². The average molecular weight is 269 g/mol. The number of Topliss-reactive ketones (excluding diaryl/α,β-unsaturated/α-hetero) is 1. The first-order chi connectivity index (χ1) is 9.69. The predicted octanol–water partition coefficient (Wildman–Crippen LogP) is 2.47. The Kier molecular flexibility index (Phi) is 4.47. The van der Waals surface area contributed by atoms with E-state index in [1.54, 1.807) is 36.4 Å². The molecule has 102 valence electrons. The largest absolute Gasteiger partial charge is 0.324 e. The van der Waals surface area contributed by atoms with Crippen LogP contribution in [0.5, 0.6) is 0 Å². The van der Waals surface area contributed by atoms with Crippen LogP contribution in [0.15, 0.2) is 54.6 Å². The maximum Gasteiger partial charge on any atom is 0.323 e. The summed E-state index contributed by atoms with van der Waals surface area (Å²) in [7, 11) is 0. The lowest BCUT2D eigenvalue weighted by molar-refractivity contribution is 0.100. The van der Waals surface area contributed by atoms with Crippen LogP contribution in [0.25, 0.3) is 0 Å². The van der Waals surface area contributed by atoms with Crippen LogP contribution in [0.2, 0.25) is 0 Å². The number of para-hydroxylation sites is 1. The van der Waals surface area contributed by atoms with E-state index in [9.17, 15) is 9.59 Å². The van der Waals surface area contributed by atoms with Crippen LogP contribution in [0, 0.1) is 0 Å². The highest BCUT2D eigenvalue weighted by Crippen LogP contribution is 2.12. The maximum atomic E-state index is 11.8. The van der Waals surface area contributed by atoms with Crippen LogP contribution in [-0.2, 0) is 0 Å². The minimum Gasteiger partial charge on any atom is -0.324 e. The Bertz CT molecular complexity index is 612. The number of hydrogen-bond acceptors (Lipinski definition) is 3. The van der Waals surface area contributed by atoms with E-state index in [2.05, 4.69) is 10.6 Å². The van der Waals surface area contributed by atoms with Crippen molar-refractivity contribution in [1.82, 2.24) is 0 Å². The number of benzene rings is 2. The number of carbonyl (C=O) groups is 2. The number of carbonyl (C=O) groups excluding carboxylic acids is 2. The quantitative estimate of drug-likeness (QED) is 0.745. The highest BCUT2D eigenvalue weighted by Gasteiger charge is 2.06. The molecule has 5 nitrogen and oxygen atoms in total. The van der Waals surface area contributed by atoms with Gasteiger partial charge in [0.15, 0.2) is 5.78 Å². The normalized spacial score (nSPS) is 9.85. The van der Waals surface area contributed by atoms with Crippen molar-refractivity contribution < 1.29 is 9.59 Å². The SMILES string of the molecule is NCC(=O)c1cccc(NC(=O)Nc2ccccc2)c1. The third kappa shape index (κ3) is 3.66. The zero-order valence-corrected chi connectivity index (χ0v) is 10.8. The van der Waals surface area contributed by atoms with E-state index in [1.807, 2.05) is 18.2 Å². The second kappa shape index (κ2) is 6.49. The van der Waals surface area contributed by atoms with Crippen molar-refractivity contribution >= 4 is 23.2 Å². The van der Waals surface area contributed by atoms with E-state index in [-0.39, 0.29) is 18.4 Å². The van der Waals surface area contributed by atoms with Crippen LogP contribution in [-0.4, -0.2) is 18.4 Å². The summed E-state index contributed by atoms with van der Waals surface area (Å²) >= 11 is 0. The molecule has 0 aliphatic heterocycles. The summed E-state index contributed by atoms with van der Waals surface area (Å²) in [6.07, 6.45) is 0. The summed E-state index contributed by atoms with van der Waals surface area (Å²) in [6.45, 7) is -0.0559. The van der Waals surface area contributed by atoms with Crippen molar-refractivity contribution in [2.24, 2.45) is 5.73 Å². The zero-order valence-electron chi connectivity index (χ0n) is 10.8. The molecule has 0 atom stereocenters. The maximum absolute atomic E-state index is 11.8. The minimum atomic E-state index is -0.367. The average Bonchev–Trinajstić information content (AvgIpc) is 2.47. The van der Waals surface area contributed by atoms with Crippen molar-refractivity contribution in [3.05, 3.63) is 60.2 Å². The number of urea groups is 1. The van der Waals surface area contributed by atoms with Crippen molar-refractivity contribution in [3.8, 4) is 0 Å². The Hall–Kier alpha value is -2.66. The van der Waals surface area contributed by atoms with Gasteiger partial charge in [-0.25, -0.2) is 4.79 Å². The molecule has 0 heterocycles. The van der Waals surface area contributed by atoms with Gasteiger partial charge < -0.3 is 16.4 Å². The molecule has 0 spiro atoms. The first-order valence-corrected chi connectivity index (χ1v) is 6.15. The monoisotopic (exact) mass is 269 g/mol. The zero-order chi connectivity index (χ0) is 14.4. The molecular formula is C15H15N3O2. The molecule has 0 aromatic heterocycles. The lowest BCUT2D eigenvalue weighted by Crippen LogP contribution is -2.20.